The fourth-order valence-electron chi connectivity index (χ4n) is 4.04. The number of anilines is 1. The largest absolute Gasteiger partial charge is 0.444 e. The van der Waals surface area contributed by atoms with Crippen LogP contribution in [0.2, 0.25) is 0 Å². The molecule has 1 atom stereocenters. The van der Waals surface area contributed by atoms with Gasteiger partial charge in [0.05, 0.1) is 0 Å². The normalized spacial score (nSPS) is 28.2. The van der Waals surface area contributed by atoms with Gasteiger partial charge in [-0.15, -0.1) is 0 Å². The van der Waals surface area contributed by atoms with Gasteiger partial charge in [0.15, 0.2) is 0 Å². The summed E-state index contributed by atoms with van der Waals surface area (Å²) in [5.74, 6) is -0.572. The van der Waals surface area contributed by atoms with E-state index in [1.807, 2.05) is 27.7 Å². The maximum Gasteiger partial charge on any atom is 0.408 e. The summed E-state index contributed by atoms with van der Waals surface area (Å²) in [6, 6.07) is 5.74. The van der Waals surface area contributed by atoms with Crippen molar-refractivity contribution in [3.63, 3.8) is 0 Å². The maximum atomic E-state index is 12.9. The number of carbonyl (C=O) groups excluding carboxylic acids is 2. The van der Waals surface area contributed by atoms with E-state index in [-0.39, 0.29) is 28.6 Å². The van der Waals surface area contributed by atoms with Gasteiger partial charge in [-0.25, -0.2) is 9.18 Å². The summed E-state index contributed by atoms with van der Waals surface area (Å²) in [4.78, 5) is 24.4. The second kappa shape index (κ2) is 5.71. The molecule has 2 amide bonds. The highest BCUT2D eigenvalue weighted by molar-refractivity contribution is 5.93. The lowest BCUT2D eigenvalue weighted by Gasteiger charge is -2.72. The van der Waals surface area contributed by atoms with Crippen molar-refractivity contribution in [1.82, 2.24) is 5.32 Å². The standard InChI is InChI=1S/C19H25FN2O3/c1-12(15(23)21-14-7-5-13(20)6-8-14)18-9-19(10-18,11-18)22-16(24)25-17(2,3)4/h5-8,12H,9-11H2,1-4H3,(H,21,23)(H,22,24)/t12-,18?,19?/m0/s1. The zero-order chi connectivity index (χ0) is 18.5. The summed E-state index contributed by atoms with van der Waals surface area (Å²) in [5.41, 5.74) is -0.203. The molecule has 0 aromatic heterocycles. The molecule has 5 nitrogen and oxygen atoms in total. The molecule has 0 spiro atoms. The average Bonchev–Trinajstić information content (AvgIpc) is 2.41. The van der Waals surface area contributed by atoms with Gasteiger partial charge >= 0.3 is 6.09 Å². The quantitative estimate of drug-likeness (QED) is 0.868. The highest BCUT2D eigenvalue weighted by Crippen LogP contribution is 2.70. The molecule has 25 heavy (non-hydrogen) atoms. The van der Waals surface area contributed by atoms with Crippen LogP contribution in [0.4, 0.5) is 14.9 Å². The van der Waals surface area contributed by atoms with E-state index in [0.29, 0.717) is 5.69 Å². The van der Waals surface area contributed by atoms with E-state index in [9.17, 15) is 14.0 Å². The van der Waals surface area contributed by atoms with Crippen molar-refractivity contribution in [2.24, 2.45) is 11.3 Å². The van der Waals surface area contributed by atoms with E-state index in [4.69, 9.17) is 4.74 Å². The van der Waals surface area contributed by atoms with Crippen molar-refractivity contribution in [3.05, 3.63) is 30.1 Å². The van der Waals surface area contributed by atoms with Crippen molar-refractivity contribution >= 4 is 17.7 Å². The predicted octanol–water partition coefficient (Wildman–Crippen LogP) is 3.85. The van der Waals surface area contributed by atoms with Gasteiger partial charge in [-0.2, -0.15) is 0 Å². The van der Waals surface area contributed by atoms with Crippen LogP contribution in [0.25, 0.3) is 0 Å². The molecule has 136 valence electrons. The lowest BCUT2D eigenvalue weighted by atomic mass is 9.36. The number of nitrogens with one attached hydrogen (secondary N) is 2. The number of halogens is 1. The second-order valence-electron chi connectivity index (χ2n) is 8.52. The van der Waals surface area contributed by atoms with E-state index in [0.717, 1.165) is 19.3 Å². The van der Waals surface area contributed by atoms with Crippen LogP contribution in [0.3, 0.4) is 0 Å². The molecular formula is C19H25FN2O3. The number of ether oxygens (including phenoxy) is 1. The summed E-state index contributed by atoms with van der Waals surface area (Å²) < 4.78 is 18.2. The summed E-state index contributed by atoms with van der Waals surface area (Å²) in [5, 5.41) is 5.79. The molecule has 0 unspecified atom stereocenters. The first kappa shape index (κ1) is 17.7. The lowest BCUT2D eigenvalue weighted by molar-refractivity contribution is -0.186. The van der Waals surface area contributed by atoms with Gasteiger partial charge in [-0.1, -0.05) is 6.92 Å². The van der Waals surface area contributed by atoms with Crippen LogP contribution in [0.15, 0.2) is 24.3 Å². The van der Waals surface area contributed by atoms with Crippen LogP contribution < -0.4 is 10.6 Å². The van der Waals surface area contributed by atoms with Crippen LogP contribution in [0, 0.1) is 17.2 Å². The van der Waals surface area contributed by atoms with Crippen LogP contribution in [-0.4, -0.2) is 23.1 Å². The number of benzene rings is 1. The third-order valence-electron chi connectivity index (χ3n) is 5.26. The van der Waals surface area contributed by atoms with Gasteiger partial charge in [-0.05, 0) is 69.7 Å². The number of rotatable bonds is 4. The predicted molar refractivity (Wildman–Crippen MR) is 92.6 cm³/mol. The highest BCUT2D eigenvalue weighted by atomic mass is 19.1. The fourth-order valence-corrected chi connectivity index (χ4v) is 4.04. The number of hydrogen-bond acceptors (Lipinski definition) is 3. The summed E-state index contributed by atoms with van der Waals surface area (Å²) in [7, 11) is 0. The maximum absolute atomic E-state index is 12.9. The summed E-state index contributed by atoms with van der Waals surface area (Å²) >= 11 is 0. The Labute approximate surface area is 147 Å². The molecule has 4 rings (SSSR count). The van der Waals surface area contributed by atoms with E-state index in [1.165, 1.54) is 12.1 Å². The molecule has 3 aliphatic carbocycles. The zero-order valence-corrected chi connectivity index (χ0v) is 15.1. The van der Waals surface area contributed by atoms with E-state index in [1.54, 1.807) is 12.1 Å². The number of alkyl carbamates (subject to hydrolysis) is 1. The zero-order valence-electron chi connectivity index (χ0n) is 15.1. The molecule has 1 aromatic carbocycles. The minimum atomic E-state index is -0.520. The molecule has 3 fully saturated rings. The fraction of sp³-hybridized carbons (Fsp3) is 0.579. The molecule has 3 saturated carbocycles. The Bertz CT molecular complexity index is 674. The average molecular weight is 348 g/mol. The van der Waals surface area contributed by atoms with Gasteiger partial charge in [0.25, 0.3) is 0 Å². The van der Waals surface area contributed by atoms with Gasteiger partial charge in [-0.3, -0.25) is 4.79 Å². The van der Waals surface area contributed by atoms with E-state index in [2.05, 4.69) is 10.6 Å². The van der Waals surface area contributed by atoms with Gasteiger partial charge in [0, 0.05) is 17.1 Å². The first-order valence-electron chi connectivity index (χ1n) is 8.60. The highest BCUT2D eigenvalue weighted by Gasteiger charge is 2.71. The Balaban J connectivity index is 1.51. The minimum absolute atomic E-state index is 0.0564. The van der Waals surface area contributed by atoms with E-state index < -0.39 is 11.7 Å². The molecule has 1 aromatic rings. The smallest absolute Gasteiger partial charge is 0.408 e. The van der Waals surface area contributed by atoms with Crippen LogP contribution >= 0.6 is 0 Å². The Morgan fingerprint density at radius 1 is 1.16 bits per heavy atom. The first-order chi connectivity index (χ1) is 11.5. The Hall–Kier alpha value is -2.11. The van der Waals surface area contributed by atoms with Crippen molar-refractivity contribution in [1.29, 1.82) is 0 Å². The molecular weight excluding hydrogens is 323 g/mol. The molecule has 2 bridgehead atoms. The number of amides is 2. The Morgan fingerprint density at radius 2 is 1.72 bits per heavy atom. The van der Waals surface area contributed by atoms with Crippen LogP contribution in [0.5, 0.6) is 0 Å². The number of hydrogen-bond donors (Lipinski definition) is 2. The van der Waals surface area contributed by atoms with Gasteiger partial charge in [0.1, 0.15) is 11.4 Å². The summed E-state index contributed by atoms with van der Waals surface area (Å²) in [6.45, 7) is 7.41. The third-order valence-corrected chi connectivity index (χ3v) is 5.26. The second-order valence-corrected chi connectivity index (χ2v) is 8.52. The van der Waals surface area contributed by atoms with Crippen molar-refractivity contribution < 1.29 is 18.7 Å². The topological polar surface area (TPSA) is 67.4 Å². The Kier molecular flexibility index (Phi) is 4.05. The summed E-state index contributed by atoms with van der Waals surface area (Å²) in [6.07, 6.45) is 1.97. The SMILES string of the molecule is C[C@@H](C(=O)Nc1ccc(F)cc1)C12CC(NC(=O)OC(C)(C)C)(C1)C2. The minimum Gasteiger partial charge on any atom is -0.444 e. The van der Waals surface area contributed by atoms with Gasteiger partial charge in [0.2, 0.25) is 5.91 Å². The third kappa shape index (κ3) is 3.48. The van der Waals surface area contributed by atoms with Crippen molar-refractivity contribution in [3.8, 4) is 0 Å². The molecule has 0 saturated heterocycles. The molecule has 3 aliphatic rings. The molecule has 0 aliphatic heterocycles. The van der Waals surface area contributed by atoms with Crippen LogP contribution in [0.1, 0.15) is 47.0 Å². The first-order valence-corrected chi connectivity index (χ1v) is 8.60. The van der Waals surface area contributed by atoms with Crippen molar-refractivity contribution in [2.75, 3.05) is 5.32 Å². The molecule has 0 radical (unpaired) electrons. The number of carbonyl (C=O) groups is 2. The molecule has 0 heterocycles. The van der Waals surface area contributed by atoms with Gasteiger partial charge < -0.3 is 15.4 Å². The molecule has 6 heteroatoms. The lowest BCUT2D eigenvalue weighted by Crippen LogP contribution is -2.77. The Morgan fingerprint density at radius 3 is 2.24 bits per heavy atom. The van der Waals surface area contributed by atoms with Crippen molar-refractivity contribution in [2.45, 2.75) is 58.1 Å². The molecule has 2 N–H and O–H groups in total. The monoisotopic (exact) mass is 348 g/mol. The van der Waals surface area contributed by atoms with E-state index >= 15 is 0 Å². The van der Waals surface area contributed by atoms with Crippen LogP contribution in [-0.2, 0) is 9.53 Å².